The molecule has 1 saturated heterocycles. The van der Waals surface area contributed by atoms with Crippen molar-refractivity contribution in [3.8, 4) is 0 Å². The Hall–Kier alpha value is -3.03. The first-order valence-electron chi connectivity index (χ1n) is 8.43. The summed E-state index contributed by atoms with van der Waals surface area (Å²) in [7, 11) is 0. The highest BCUT2D eigenvalue weighted by Crippen LogP contribution is 2.34. The van der Waals surface area contributed by atoms with Gasteiger partial charge >= 0.3 is 18.0 Å². The number of nitrogens with one attached hydrogen (secondary N) is 1. The van der Waals surface area contributed by atoms with Crippen LogP contribution in [0, 0.1) is 0 Å². The smallest absolute Gasteiger partial charge is 0.368 e. The van der Waals surface area contributed by atoms with Crippen LogP contribution in [0.3, 0.4) is 0 Å². The van der Waals surface area contributed by atoms with E-state index in [-0.39, 0.29) is 0 Å². The minimum Gasteiger partial charge on any atom is -0.368 e. The van der Waals surface area contributed by atoms with Crippen LogP contribution in [0.4, 0.5) is 24.5 Å². The third kappa shape index (κ3) is 4.39. The molecule has 0 aliphatic carbocycles. The highest BCUT2D eigenvalue weighted by molar-refractivity contribution is 6.39. The Morgan fingerprint density at radius 3 is 2.07 bits per heavy atom. The number of alkyl halides is 3. The summed E-state index contributed by atoms with van der Waals surface area (Å²) in [6.07, 6.45) is -4.62. The summed E-state index contributed by atoms with van der Waals surface area (Å²) in [6, 6.07) is 14.2. The van der Waals surface area contributed by atoms with Gasteiger partial charge in [0.05, 0.1) is 11.3 Å². The van der Waals surface area contributed by atoms with E-state index < -0.39 is 29.2 Å². The van der Waals surface area contributed by atoms with Crippen LogP contribution in [-0.2, 0) is 15.8 Å². The van der Waals surface area contributed by atoms with E-state index in [1.54, 1.807) is 0 Å². The number of piperazine rings is 1. The first kappa shape index (κ1) is 18.8. The van der Waals surface area contributed by atoms with Gasteiger partial charge in [0.2, 0.25) is 0 Å². The Bertz CT molecular complexity index is 816. The molecule has 2 aromatic carbocycles. The van der Waals surface area contributed by atoms with Crippen molar-refractivity contribution in [3.63, 3.8) is 0 Å². The van der Waals surface area contributed by atoms with Crippen LogP contribution >= 0.6 is 0 Å². The lowest BCUT2D eigenvalue weighted by Crippen LogP contribution is -2.51. The van der Waals surface area contributed by atoms with E-state index in [1.807, 2.05) is 30.3 Å². The number of carbonyl (C=O) groups excluding carboxylic acids is 2. The van der Waals surface area contributed by atoms with Crippen molar-refractivity contribution in [1.29, 1.82) is 0 Å². The summed E-state index contributed by atoms with van der Waals surface area (Å²) in [6.45, 7) is 1.73. The molecule has 0 atom stereocenters. The number of hydrogen-bond donors (Lipinski definition) is 1. The van der Waals surface area contributed by atoms with Crippen LogP contribution in [0.2, 0.25) is 0 Å². The topological polar surface area (TPSA) is 52.7 Å². The van der Waals surface area contributed by atoms with E-state index in [4.69, 9.17) is 0 Å². The first-order chi connectivity index (χ1) is 12.9. The third-order valence-electron chi connectivity index (χ3n) is 4.36. The van der Waals surface area contributed by atoms with Gasteiger partial charge < -0.3 is 15.1 Å². The fourth-order valence-electron chi connectivity index (χ4n) is 2.97. The molecule has 2 amide bonds. The summed E-state index contributed by atoms with van der Waals surface area (Å²) in [4.78, 5) is 27.9. The van der Waals surface area contributed by atoms with Gasteiger partial charge in [-0.05, 0) is 24.3 Å². The molecule has 0 aromatic heterocycles. The molecule has 1 N–H and O–H groups in total. The lowest BCUT2D eigenvalue weighted by atomic mass is 10.1. The van der Waals surface area contributed by atoms with Gasteiger partial charge in [-0.15, -0.1) is 0 Å². The zero-order chi connectivity index (χ0) is 19.4. The van der Waals surface area contributed by atoms with Crippen molar-refractivity contribution in [2.45, 2.75) is 6.18 Å². The maximum absolute atomic E-state index is 13.0. The van der Waals surface area contributed by atoms with Gasteiger partial charge in [-0.3, -0.25) is 9.59 Å². The Morgan fingerprint density at radius 1 is 0.852 bits per heavy atom. The number of benzene rings is 2. The van der Waals surface area contributed by atoms with Crippen molar-refractivity contribution in [2.24, 2.45) is 0 Å². The first-order valence-corrected chi connectivity index (χ1v) is 8.43. The van der Waals surface area contributed by atoms with E-state index >= 15 is 0 Å². The lowest BCUT2D eigenvalue weighted by molar-refractivity contribution is -0.143. The monoisotopic (exact) mass is 377 g/mol. The van der Waals surface area contributed by atoms with Crippen molar-refractivity contribution < 1.29 is 22.8 Å². The number of para-hydroxylation sites is 2. The molecule has 1 aliphatic heterocycles. The number of rotatable bonds is 2. The molecule has 0 unspecified atom stereocenters. The second-order valence-electron chi connectivity index (χ2n) is 6.11. The Morgan fingerprint density at radius 2 is 1.44 bits per heavy atom. The van der Waals surface area contributed by atoms with Crippen LogP contribution < -0.4 is 10.2 Å². The molecular weight excluding hydrogens is 359 g/mol. The van der Waals surface area contributed by atoms with Gasteiger partial charge in [-0.25, -0.2) is 0 Å². The van der Waals surface area contributed by atoms with E-state index in [1.165, 1.54) is 17.0 Å². The largest absolute Gasteiger partial charge is 0.418 e. The second kappa shape index (κ2) is 7.69. The molecule has 5 nitrogen and oxygen atoms in total. The number of halogens is 3. The minimum absolute atomic E-state index is 0.321. The average Bonchev–Trinajstić information content (AvgIpc) is 2.68. The van der Waals surface area contributed by atoms with Gasteiger partial charge in [0.25, 0.3) is 0 Å². The van der Waals surface area contributed by atoms with E-state index in [0.717, 1.165) is 17.8 Å². The Kier molecular flexibility index (Phi) is 5.34. The van der Waals surface area contributed by atoms with E-state index in [0.29, 0.717) is 26.2 Å². The molecule has 27 heavy (non-hydrogen) atoms. The number of anilines is 2. The van der Waals surface area contributed by atoms with Gasteiger partial charge in [0.1, 0.15) is 0 Å². The average molecular weight is 377 g/mol. The molecule has 0 bridgehead atoms. The molecule has 0 radical (unpaired) electrons. The van der Waals surface area contributed by atoms with Crippen molar-refractivity contribution >= 4 is 23.2 Å². The Labute approximate surface area is 154 Å². The van der Waals surface area contributed by atoms with Crippen LogP contribution in [0.1, 0.15) is 5.56 Å². The molecule has 3 rings (SSSR count). The van der Waals surface area contributed by atoms with E-state index in [2.05, 4.69) is 10.2 Å². The zero-order valence-electron chi connectivity index (χ0n) is 14.4. The summed E-state index contributed by atoms with van der Waals surface area (Å²) in [5, 5.41) is 2.09. The number of amides is 2. The normalized spacial score (nSPS) is 14.8. The molecule has 0 saturated carbocycles. The van der Waals surface area contributed by atoms with Crippen LogP contribution in [-0.4, -0.2) is 42.9 Å². The molecule has 142 valence electrons. The fraction of sp³-hybridized carbons (Fsp3) is 0.263. The summed E-state index contributed by atoms with van der Waals surface area (Å²) >= 11 is 0. The van der Waals surface area contributed by atoms with Crippen molar-refractivity contribution in [3.05, 3.63) is 60.2 Å². The molecule has 0 spiro atoms. The molecule has 1 aliphatic rings. The second-order valence-corrected chi connectivity index (χ2v) is 6.11. The van der Waals surface area contributed by atoms with Gasteiger partial charge in [-0.1, -0.05) is 30.3 Å². The van der Waals surface area contributed by atoms with Crippen molar-refractivity contribution in [2.75, 3.05) is 36.4 Å². The fourth-order valence-corrected chi connectivity index (χ4v) is 2.97. The number of nitrogens with zero attached hydrogens (tertiary/aromatic N) is 2. The zero-order valence-corrected chi connectivity index (χ0v) is 14.4. The van der Waals surface area contributed by atoms with Crippen LogP contribution in [0.5, 0.6) is 0 Å². The Balaban J connectivity index is 1.62. The minimum atomic E-state index is -4.62. The van der Waals surface area contributed by atoms with E-state index in [9.17, 15) is 22.8 Å². The standard InChI is InChI=1S/C19H18F3N3O2/c20-19(21,22)15-8-4-5-9-16(15)23-17(26)18(27)25-12-10-24(11-13-25)14-6-2-1-3-7-14/h1-9H,10-13H2,(H,23,26). The number of carbonyl (C=O) groups is 2. The van der Waals surface area contributed by atoms with Crippen LogP contribution in [0.15, 0.2) is 54.6 Å². The predicted octanol–water partition coefficient (Wildman–Crippen LogP) is 2.99. The lowest BCUT2D eigenvalue weighted by Gasteiger charge is -2.35. The quantitative estimate of drug-likeness (QED) is 0.819. The molecular formula is C19H18F3N3O2. The summed E-state index contributed by atoms with van der Waals surface area (Å²) in [5.74, 6) is -1.90. The summed E-state index contributed by atoms with van der Waals surface area (Å²) in [5.41, 5.74) is -0.389. The number of hydrogen-bond acceptors (Lipinski definition) is 3. The van der Waals surface area contributed by atoms with Gasteiger partial charge in [-0.2, -0.15) is 13.2 Å². The van der Waals surface area contributed by atoms with Crippen molar-refractivity contribution in [1.82, 2.24) is 4.90 Å². The van der Waals surface area contributed by atoms with Gasteiger partial charge in [0, 0.05) is 31.9 Å². The van der Waals surface area contributed by atoms with Gasteiger partial charge in [0.15, 0.2) is 0 Å². The SMILES string of the molecule is O=C(Nc1ccccc1C(F)(F)F)C(=O)N1CCN(c2ccccc2)CC1. The molecule has 1 fully saturated rings. The summed E-state index contributed by atoms with van der Waals surface area (Å²) < 4.78 is 39.0. The molecule has 2 aromatic rings. The highest BCUT2D eigenvalue weighted by Gasteiger charge is 2.34. The highest BCUT2D eigenvalue weighted by atomic mass is 19.4. The maximum Gasteiger partial charge on any atom is 0.418 e. The molecule has 1 heterocycles. The molecule has 8 heteroatoms. The van der Waals surface area contributed by atoms with Crippen LogP contribution in [0.25, 0.3) is 0 Å². The maximum atomic E-state index is 13.0. The third-order valence-corrected chi connectivity index (χ3v) is 4.36. The predicted molar refractivity (Wildman–Crippen MR) is 95.3 cm³/mol.